The number of alkyl halides is 1. The van der Waals surface area contributed by atoms with Gasteiger partial charge in [0, 0.05) is 19.9 Å². The lowest BCUT2D eigenvalue weighted by Gasteiger charge is -2.28. The monoisotopic (exact) mass is 342 g/mol. The summed E-state index contributed by atoms with van der Waals surface area (Å²) in [6.07, 6.45) is 3.31. The molecule has 1 heterocycles. The summed E-state index contributed by atoms with van der Waals surface area (Å²) in [5.41, 5.74) is 0.132. The van der Waals surface area contributed by atoms with E-state index in [2.05, 4.69) is 22.5 Å². The van der Waals surface area contributed by atoms with Gasteiger partial charge in [-0.3, -0.25) is 9.59 Å². The van der Waals surface area contributed by atoms with E-state index >= 15 is 0 Å². The van der Waals surface area contributed by atoms with Crippen LogP contribution in [0.3, 0.4) is 0 Å². The molecule has 0 N–H and O–H groups in total. The highest BCUT2D eigenvalue weighted by atomic mass is 79.9. The number of methoxy groups -OCH3 is 1. The molecule has 0 aliphatic heterocycles. The summed E-state index contributed by atoms with van der Waals surface area (Å²) in [6.45, 7) is 6.22. The van der Waals surface area contributed by atoms with Crippen molar-refractivity contribution in [3.05, 3.63) is 41.3 Å². The average Bonchev–Trinajstić information content (AvgIpc) is 2.43. The number of halogens is 1. The Hall–Kier alpha value is -1.40. The molecular weight excluding hydrogens is 324 g/mol. The molecule has 6 heteroatoms. The number of rotatable bonds is 7. The third-order valence-electron chi connectivity index (χ3n) is 2.82. The van der Waals surface area contributed by atoms with Crippen molar-refractivity contribution >= 4 is 27.5 Å². The zero-order valence-corrected chi connectivity index (χ0v) is 13.3. The molecule has 0 saturated heterocycles. The number of ether oxygens (including phenoxy) is 1. The van der Waals surface area contributed by atoms with Crippen LogP contribution < -0.4 is 10.5 Å². The molecule has 1 amide bonds. The van der Waals surface area contributed by atoms with Gasteiger partial charge in [-0.25, -0.2) is 0 Å². The number of aromatic nitrogens is 1. The van der Waals surface area contributed by atoms with E-state index < -0.39 is 0 Å². The Bertz CT molecular complexity index is 527. The van der Waals surface area contributed by atoms with Gasteiger partial charge in [-0.1, -0.05) is 22.0 Å². The molecule has 0 aliphatic rings. The van der Waals surface area contributed by atoms with Crippen LogP contribution in [-0.4, -0.2) is 35.6 Å². The Kier molecular flexibility index (Phi) is 6.67. The van der Waals surface area contributed by atoms with Crippen LogP contribution in [0.15, 0.2) is 35.8 Å². The van der Waals surface area contributed by atoms with E-state index in [-0.39, 0.29) is 22.8 Å². The Balaban J connectivity index is 3.27. The fourth-order valence-corrected chi connectivity index (χ4v) is 2.26. The van der Waals surface area contributed by atoms with Crippen molar-refractivity contribution in [2.24, 2.45) is 0 Å². The Labute approximate surface area is 127 Å². The molecule has 1 aromatic heterocycles. The second-order valence-electron chi connectivity index (χ2n) is 4.34. The first-order valence-corrected chi connectivity index (χ1v) is 7.36. The van der Waals surface area contributed by atoms with Gasteiger partial charge in [-0.15, -0.1) is 6.58 Å². The Morgan fingerprint density at radius 1 is 1.65 bits per heavy atom. The number of carbonyl (C=O) groups excluding carboxylic acids is 1. The first-order chi connectivity index (χ1) is 9.56. The minimum atomic E-state index is -0.225. The predicted molar refractivity (Wildman–Crippen MR) is 83.5 cm³/mol. The van der Waals surface area contributed by atoms with E-state index in [4.69, 9.17) is 4.74 Å². The third-order valence-corrected chi connectivity index (χ3v) is 3.30. The standard InChI is InChI=1S/C14H19BrN2O3/c1-4-7-16-8-5-6-12(14(16)19)17(13(18)9-15)11(2)10-20-3/h4-6,8,11H,1,7,9-10H2,2-3H3. The highest BCUT2D eigenvalue weighted by Gasteiger charge is 2.23. The molecule has 5 nitrogen and oxygen atoms in total. The van der Waals surface area contributed by atoms with Crippen LogP contribution in [0.4, 0.5) is 5.69 Å². The minimum Gasteiger partial charge on any atom is -0.383 e. The van der Waals surface area contributed by atoms with E-state index in [0.717, 1.165) is 0 Å². The van der Waals surface area contributed by atoms with Crippen LogP contribution in [0.5, 0.6) is 0 Å². The molecule has 0 bridgehead atoms. The number of pyridine rings is 1. The van der Waals surface area contributed by atoms with Crippen molar-refractivity contribution in [3.63, 3.8) is 0 Å². The zero-order valence-electron chi connectivity index (χ0n) is 11.7. The summed E-state index contributed by atoms with van der Waals surface area (Å²) in [5.74, 6) is -0.178. The Morgan fingerprint density at radius 2 is 2.35 bits per heavy atom. The summed E-state index contributed by atoms with van der Waals surface area (Å²) in [6, 6.07) is 3.17. The largest absolute Gasteiger partial charge is 0.383 e. The van der Waals surface area contributed by atoms with Crippen molar-refractivity contribution in [1.82, 2.24) is 4.57 Å². The molecule has 0 aromatic carbocycles. The second kappa shape index (κ2) is 8.01. The lowest BCUT2D eigenvalue weighted by atomic mass is 10.2. The van der Waals surface area contributed by atoms with Crippen LogP contribution in [0.1, 0.15) is 6.92 Å². The maximum absolute atomic E-state index is 12.4. The summed E-state index contributed by atoms with van der Waals surface area (Å²) in [4.78, 5) is 26.0. The molecule has 1 aromatic rings. The van der Waals surface area contributed by atoms with Crippen molar-refractivity contribution in [2.75, 3.05) is 23.9 Å². The molecule has 1 atom stereocenters. The van der Waals surface area contributed by atoms with Crippen LogP contribution in [0.25, 0.3) is 0 Å². The number of allylic oxidation sites excluding steroid dienone is 1. The van der Waals surface area contributed by atoms with Crippen LogP contribution in [-0.2, 0) is 16.1 Å². The molecule has 0 spiro atoms. The zero-order chi connectivity index (χ0) is 15.1. The lowest BCUT2D eigenvalue weighted by molar-refractivity contribution is -0.116. The minimum absolute atomic E-state index is 0.150. The predicted octanol–water partition coefficient (Wildman–Crippen LogP) is 1.80. The van der Waals surface area contributed by atoms with E-state index in [1.807, 2.05) is 6.92 Å². The quantitative estimate of drug-likeness (QED) is 0.560. The SMILES string of the molecule is C=CCn1cccc(N(C(=O)CBr)C(C)COC)c1=O. The maximum atomic E-state index is 12.4. The first-order valence-electron chi connectivity index (χ1n) is 6.24. The van der Waals surface area contributed by atoms with E-state index in [1.165, 1.54) is 9.47 Å². The molecule has 0 fully saturated rings. The lowest BCUT2D eigenvalue weighted by Crippen LogP contribution is -2.45. The molecule has 1 rings (SSSR count). The van der Waals surface area contributed by atoms with Gasteiger partial charge in [-0.2, -0.15) is 0 Å². The summed E-state index contributed by atoms with van der Waals surface area (Å²) in [7, 11) is 1.56. The normalized spacial score (nSPS) is 11.9. The topological polar surface area (TPSA) is 51.5 Å². The van der Waals surface area contributed by atoms with Gasteiger partial charge >= 0.3 is 0 Å². The van der Waals surface area contributed by atoms with Gasteiger partial charge in [-0.05, 0) is 19.1 Å². The van der Waals surface area contributed by atoms with Crippen molar-refractivity contribution in [1.29, 1.82) is 0 Å². The van der Waals surface area contributed by atoms with Crippen LogP contribution >= 0.6 is 15.9 Å². The fourth-order valence-electron chi connectivity index (χ4n) is 1.99. The van der Waals surface area contributed by atoms with Gasteiger partial charge in [0.1, 0.15) is 5.69 Å². The first kappa shape index (κ1) is 16.7. The van der Waals surface area contributed by atoms with Gasteiger partial charge in [0.05, 0.1) is 18.0 Å². The molecule has 0 saturated carbocycles. The van der Waals surface area contributed by atoms with E-state index in [9.17, 15) is 9.59 Å². The number of hydrogen-bond acceptors (Lipinski definition) is 3. The van der Waals surface area contributed by atoms with Gasteiger partial charge < -0.3 is 14.2 Å². The van der Waals surface area contributed by atoms with Crippen LogP contribution in [0.2, 0.25) is 0 Å². The van der Waals surface area contributed by atoms with E-state index in [1.54, 1.807) is 31.5 Å². The molecule has 0 radical (unpaired) electrons. The second-order valence-corrected chi connectivity index (χ2v) is 4.90. The van der Waals surface area contributed by atoms with Crippen LogP contribution in [0, 0.1) is 0 Å². The molecule has 1 unspecified atom stereocenters. The summed E-state index contributed by atoms with van der Waals surface area (Å²) < 4.78 is 6.59. The average molecular weight is 343 g/mol. The van der Waals surface area contributed by atoms with Gasteiger partial charge in [0.15, 0.2) is 0 Å². The number of amides is 1. The molecular formula is C14H19BrN2O3. The summed E-state index contributed by atoms with van der Waals surface area (Å²) >= 11 is 3.15. The number of anilines is 1. The summed E-state index contributed by atoms with van der Waals surface area (Å²) in [5, 5.41) is 0.150. The number of nitrogens with zero attached hydrogens (tertiary/aromatic N) is 2. The third kappa shape index (κ3) is 3.80. The fraction of sp³-hybridized carbons (Fsp3) is 0.429. The smallest absolute Gasteiger partial charge is 0.274 e. The number of hydrogen-bond donors (Lipinski definition) is 0. The van der Waals surface area contributed by atoms with Gasteiger partial charge in [0.2, 0.25) is 5.91 Å². The highest BCUT2D eigenvalue weighted by Crippen LogP contribution is 2.14. The highest BCUT2D eigenvalue weighted by molar-refractivity contribution is 9.09. The molecule has 0 aliphatic carbocycles. The van der Waals surface area contributed by atoms with Crippen molar-refractivity contribution in [2.45, 2.75) is 19.5 Å². The number of carbonyl (C=O) groups is 1. The van der Waals surface area contributed by atoms with Crippen molar-refractivity contribution < 1.29 is 9.53 Å². The molecule has 20 heavy (non-hydrogen) atoms. The molecule has 110 valence electrons. The van der Waals surface area contributed by atoms with Crippen molar-refractivity contribution in [3.8, 4) is 0 Å². The maximum Gasteiger partial charge on any atom is 0.274 e. The van der Waals surface area contributed by atoms with Gasteiger partial charge in [0.25, 0.3) is 5.56 Å². The Morgan fingerprint density at radius 3 is 2.90 bits per heavy atom. The van der Waals surface area contributed by atoms with E-state index in [0.29, 0.717) is 18.8 Å².